The van der Waals surface area contributed by atoms with Gasteiger partial charge in [0.25, 0.3) is 0 Å². The molecule has 0 saturated carbocycles. The van der Waals surface area contributed by atoms with Gasteiger partial charge in [0, 0.05) is 17.8 Å². The minimum absolute atomic E-state index is 0.183. The predicted octanol–water partition coefficient (Wildman–Crippen LogP) is 1.03. The van der Waals surface area contributed by atoms with E-state index < -0.39 is 17.4 Å². The second kappa shape index (κ2) is 5.67. The maximum absolute atomic E-state index is 11.9. The summed E-state index contributed by atoms with van der Waals surface area (Å²) in [7, 11) is 0. The van der Waals surface area contributed by atoms with Crippen LogP contribution in [0, 0.1) is 5.41 Å². The number of rotatable bonds is 4. The highest BCUT2D eigenvalue weighted by Gasteiger charge is 2.24. The largest absolute Gasteiger partial charge is 0.550 e. The van der Waals surface area contributed by atoms with Crippen LogP contribution >= 0.6 is 0 Å². The van der Waals surface area contributed by atoms with E-state index >= 15 is 0 Å². The topological polar surface area (TPSA) is 69.2 Å². The molecule has 1 amide bonds. The summed E-state index contributed by atoms with van der Waals surface area (Å²) in [5, 5.41) is 13.5. The minimum Gasteiger partial charge on any atom is -0.550 e. The molecule has 1 aromatic rings. The van der Waals surface area contributed by atoms with E-state index in [0.717, 1.165) is 5.56 Å². The average molecular weight is 248 g/mol. The van der Waals surface area contributed by atoms with E-state index in [1.165, 1.54) is 0 Å². The van der Waals surface area contributed by atoms with Crippen LogP contribution in [0.5, 0.6) is 0 Å². The van der Waals surface area contributed by atoms with Crippen molar-refractivity contribution in [1.29, 1.82) is 0 Å². The molecular weight excluding hydrogens is 230 g/mol. The van der Waals surface area contributed by atoms with Crippen molar-refractivity contribution in [2.45, 2.75) is 33.2 Å². The van der Waals surface area contributed by atoms with Crippen molar-refractivity contribution in [2.75, 3.05) is 0 Å². The Labute approximate surface area is 107 Å². The Bertz CT molecular complexity index is 420. The molecule has 4 heteroatoms. The highest BCUT2D eigenvalue weighted by Crippen LogP contribution is 2.20. The Balaban J connectivity index is 2.87. The van der Waals surface area contributed by atoms with Gasteiger partial charge in [-0.1, -0.05) is 51.1 Å². The molecule has 0 aliphatic carbocycles. The summed E-state index contributed by atoms with van der Waals surface area (Å²) in [5.41, 5.74) is 0.207. The first-order chi connectivity index (χ1) is 8.30. The zero-order valence-corrected chi connectivity index (χ0v) is 10.9. The van der Waals surface area contributed by atoms with E-state index in [2.05, 4.69) is 5.32 Å². The third-order valence-corrected chi connectivity index (χ3v) is 2.56. The van der Waals surface area contributed by atoms with Crippen LogP contribution in [0.1, 0.15) is 38.8 Å². The molecule has 0 unspecified atom stereocenters. The molecule has 0 heterocycles. The summed E-state index contributed by atoms with van der Waals surface area (Å²) in [5.74, 6) is -1.37. The predicted molar refractivity (Wildman–Crippen MR) is 66.4 cm³/mol. The van der Waals surface area contributed by atoms with Gasteiger partial charge in [-0.2, -0.15) is 0 Å². The molecule has 0 bridgehead atoms. The summed E-state index contributed by atoms with van der Waals surface area (Å²) < 4.78 is 0. The van der Waals surface area contributed by atoms with Gasteiger partial charge in [-0.05, 0) is 5.56 Å². The summed E-state index contributed by atoms with van der Waals surface area (Å²) in [6, 6.07) is 8.47. The second-order valence-electron chi connectivity index (χ2n) is 5.26. The highest BCUT2D eigenvalue weighted by atomic mass is 16.4. The maximum atomic E-state index is 11.9. The lowest BCUT2D eigenvalue weighted by Gasteiger charge is -2.25. The Hall–Kier alpha value is -1.84. The molecule has 18 heavy (non-hydrogen) atoms. The smallest absolute Gasteiger partial charge is 0.225 e. The Kier molecular flexibility index (Phi) is 4.48. The third-order valence-electron chi connectivity index (χ3n) is 2.56. The zero-order valence-electron chi connectivity index (χ0n) is 10.9. The second-order valence-corrected chi connectivity index (χ2v) is 5.26. The minimum atomic E-state index is -1.18. The van der Waals surface area contributed by atoms with Crippen molar-refractivity contribution in [2.24, 2.45) is 5.41 Å². The molecule has 1 N–H and O–H groups in total. The Morgan fingerprint density at radius 3 is 2.22 bits per heavy atom. The van der Waals surface area contributed by atoms with Gasteiger partial charge in [0.2, 0.25) is 5.91 Å². The van der Waals surface area contributed by atoms with Gasteiger partial charge in [0.1, 0.15) is 0 Å². The molecular formula is C14H18NO3-. The molecule has 1 aromatic carbocycles. The number of carboxylic acid groups (broad SMARTS) is 1. The quantitative estimate of drug-likeness (QED) is 0.865. The van der Waals surface area contributed by atoms with Crippen molar-refractivity contribution in [1.82, 2.24) is 5.32 Å². The number of nitrogens with one attached hydrogen (secondary N) is 1. The molecule has 0 fully saturated rings. The normalized spacial score (nSPS) is 12.8. The van der Waals surface area contributed by atoms with Gasteiger partial charge < -0.3 is 15.2 Å². The molecule has 98 valence electrons. The fourth-order valence-electron chi connectivity index (χ4n) is 1.48. The standard InChI is InChI=1S/C14H19NO3/c1-14(2,3)13(18)15-11(9-12(16)17)10-7-5-4-6-8-10/h4-8,11H,9H2,1-3H3,(H,15,18)(H,16,17)/p-1/t11-/m1/s1. The number of carbonyl (C=O) groups excluding carboxylic acids is 2. The Morgan fingerprint density at radius 2 is 1.78 bits per heavy atom. The summed E-state index contributed by atoms with van der Waals surface area (Å²) in [4.78, 5) is 22.7. The van der Waals surface area contributed by atoms with Crippen molar-refractivity contribution in [3.63, 3.8) is 0 Å². The van der Waals surface area contributed by atoms with Crippen molar-refractivity contribution >= 4 is 11.9 Å². The first kappa shape index (κ1) is 14.2. The van der Waals surface area contributed by atoms with Crippen LogP contribution in [0.2, 0.25) is 0 Å². The fourth-order valence-corrected chi connectivity index (χ4v) is 1.48. The van der Waals surface area contributed by atoms with Crippen molar-refractivity contribution < 1.29 is 14.7 Å². The Morgan fingerprint density at radius 1 is 1.22 bits per heavy atom. The third kappa shape index (κ3) is 4.20. The number of carbonyl (C=O) groups is 2. The molecule has 0 aliphatic heterocycles. The molecule has 1 rings (SSSR count). The molecule has 1 atom stereocenters. The van der Waals surface area contributed by atoms with Crippen molar-refractivity contribution in [3.05, 3.63) is 35.9 Å². The summed E-state index contributed by atoms with van der Waals surface area (Å²) in [6.45, 7) is 5.34. The van der Waals surface area contributed by atoms with Gasteiger partial charge in [-0.15, -0.1) is 0 Å². The number of benzene rings is 1. The number of hydrogen-bond donors (Lipinski definition) is 1. The summed E-state index contributed by atoms with van der Waals surface area (Å²) >= 11 is 0. The van der Waals surface area contributed by atoms with Crippen LogP contribution in [0.15, 0.2) is 30.3 Å². The van der Waals surface area contributed by atoms with Crippen LogP contribution in [0.25, 0.3) is 0 Å². The number of amides is 1. The maximum Gasteiger partial charge on any atom is 0.225 e. The lowest BCUT2D eigenvalue weighted by atomic mass is 9.94. The average Bonchev–Trinajstić information content (AvgIpc) is 2.27. The molecule has 0 spiro atoms. The van der Waals surface area contributed by atoms with Gasteiger partial charge in [-0.3, -0.25) is 4.79 Å². The van der Waals surface area contributed by atoms with E-state index in [0.29, 0.717) is 0 Å². The van der Waals surface area contributed by atoms with Gasteiger partial charge in [0.15, 0.2) is 0 Å². The molecule has 0 radical (unpaired) electrons. The van der Waals surface area contributed by atoms with E-state index in [1.807, 2.05) is 6.07 Å². The SMILES string of the molecule is CC(C)(C)C(=O)N[C@H](CC(=O)[O-])c1ccccc1. The van der Waals surface area contributed by atoms with E-state index in [4.69, 9.17) is 0 Å². The molecule has 0 saturated heterocycles. The zero-order chi connectivity index (χ0) is 13.8. The lowest BCUT2D eigenvalue weighted by Crippen LogP contribution is -2.39. The van der Waals surface area contributed by atoms with E-state index in [9.17, 15) is 14.7 Å². The summed E-state index contributed by atoms with van der Waals surface area (Å²) in [6.07, 6.45) is -0.230. The molecule has 0 aromatic heterocycles. The van der Waals surface area contributed by atoms with Crippen LogP contribution in [-0.2, 0) is 9.59 Å². The first-order valence-corrected chi connectivity index (χ1v) is 5.86. The van der Waals surface area contributed by atoms with Crippen LogP contribution in [0.4, 0.5) is 0 Å². The lowest BCUT2D eigenvalue weighted by molar-refractivity contribution is -0.306. The van der Waals surface area contributed by atoms with E-state index in [1.54, 1.807) is 45.0 Å². The monoisotopic (exact) mass is 248 g/mol. The van der Waals surface area contributed by atoms with Gasteiger partial charge in [-0.25, -0.2) is 0 Å². The molecule has 4 nitrogen and oxygen atoms in total. The molecule has 0 aliphatic rings. The van der Waals surface area contributed by atoms with Gasteiger partial charge in [0.05, 0.1) is 6.04 Å². The number of carboxylic acids is 1. The van der Waals surface area contributed by atoms with Crippen LogP contribution in [0.3, 0.4) is 0 Å². The first-order valence-electron chi connectivity index (χ1n) is 5.86. The van der Waals surface area contributed by atoms with Crippen LogP contribution in [-0.4, -0.2) is 11.9 Å². The fraction of sp³-hybridized carbons (Fsp3) is 0.429. The number of hydrogen-bond acceptors (Lipinski definition) is 3. The van der Waals surface area contributed by atoms with Gasteiger partial charge >= 0.3 is 0 Å². The van der Waals surface area contributed by atoms with Crippen molar-refractivity contribution in [3.8, 4) is 0 Å². The van der Waals surface area contributed by atoms with Crippen LogP contribution < -0.4 is 10.4 Å². The highest BCUT2D eigenvalue weighted by molar-refractivity contribution is 5.82. The number of aliphatic carboxylic acids is 1. The van der Waals surface area contributed by atoms with E-state index in [-0.39, 0.29) is 12.3 Å².